The minimum Gasteiger partial charge on any atom is -0.469 e. The van der Waals surface area contributed by atoms with Gasteiger partial charge in [-0.05, 0) is 49.9 Å². The van der Waals surface area contributed by atoms with Crippen molar-refractivity contribution in [1.29, 1.82) is 0 Å². The van der Waals surface area contributed by atoms with Crippen molar-refractivity contribution in [2.24, 2.45) is 0 Å². The molecule has 0 unspecified atom stereocenters. The molecule has 0 bridgehead atoms. The summed E-state index contributed by atoms with van der Waals surface area (Å²) < 4.78 is 4.76. The average Bonchev–Trinajstić information content (AvgIpc) is 2.86. The fraction of sp³-hybridized carbons (Fsp3) is 0.600. The third-order valence-electron chi connectivity index (χ3n) is 5.06. The van der Waals surface area contributed by atoms with Gasteiger partial charge in [0.05, 0.1) is 13.5 Å². The zero-order valence-corrected chi connectivity index (χ0v) is 15.1. The predicted octanol–water partition coefficient (Wildman–Crippen LogP) is 4.03. The molecule has 1 fully saturated rings. The summed E-state index contributed by atoms with van der Waals surface area (Å²) in [5, 5.41) is 0. The molecular weight excluding hydrogens is 302 g/mol. The van der Waals surface area contributed by atoms with Gasteiger partial charge in [0.2, 0.25) is 0 Å². The smallest absolute Gasteiger partial charge is 0.307 e. The van der Waals surface area contributed by atoms with Gasteiger partial charge in [-0.2, -0.15) is 0 Å². The van der Waals surface area contributed by atoms with E-state index in [1.165, 1.54) is 25.5 Å². The first-order valence-corrected chi connectivity index (χ1v) is 8.98. The number of hydrogen-bond donors (Lipinski definition) is 0. The first-order valence-electron chi connectivity index (χ1n) is 8.98. The van der Waals surface area contributed by atoms with E-state index in [9.17, 15) is 9.59 Å². The lowest BCUT2D eigenvalue weighted by molar-refractivity contribution is -0.140. The number of carbonyl (C=O) groups excluding carboxylic acids is 2. The normalized spacial score (nSPS) is 15.6. The molecule has 24 heavy (non-hydrogen) atoms. The number of aryl methyl sites for hydroxylation is 2. The summed E-state index contributed by atoms with van der Waals surface area (Å²) in [4.78, 5) is 26.6. The molecule has 2 rings (SSSR count). The fourth-order valence-corrected chi connectivity index (χ4v) is 3.37. The summed E-state index contributed by atoms with van der Waals surface area (Å²) in [6, 6.07) is 6.08. The molecule has 0 N–H and O–H groups in total. The minimum atomic E-state index is -0.262. The summed E-state index contributed by atoms with van der Waals surface area (Å²) in [7, 11) is 1.39. The number of esters is 1. The number of hydrogen-bond acceptors (Lipinski definition) is 3. The lowest BCUT2D eigenvalue weighted by atomic mass is 10.0. The van der Waals surface area contributed by atoms with Gasteiger partial charge < -0.3 is 9.64 Å². The van der Waals surface area contributed by atoms with E-state index in [4.69, 9.17) is 4.74 Å². The highest BCUT2D eigenvalue weighted by Crippen LogP contribution is 2.24. The van der Waals surface area contributed by atoms with Gasteiger partial charge in [0.15, 0.2) is 0 Å². The highest BCUT2D eigenvalue weighted by Gasteiger charge is 2.26. The van der Waals surface area contributed by atoms with Gasteiger partial charge in [0, 0.05) is 18.2 Å². The van der Waals surface area contributed by atoms with Crippen molar-refractivity contribution in [3.8, 4) is 0 Å². The van der Waals surface area contributed by atoms with Crippen molar-refractivity contribution in [3.05, 3.63) is 34.9 Å². The molecule has 0 saturated heterocycles. The highest BCUT2D eigenvalue weighted by atomic mass is 16.5. The van der Waals surface area contributed by atoms with Crippen molar-refractivity contribution >= 4 is 11.9 Å². The van der Waals surface area contributed by atoms with E-state index in [2.05, 4.69) is 0 Å². The van der Waals surface area contributed by atoms with Crippen LogP contribution in [-0.2, 0) is 9.53 Å². The average molecular weight is 331 g/mol. The standard InChI is InChI=1S/C20H29NO3/c1-15-10-11-17(14-16(15)2)20(23)21(13-12-19(22)24-3)18-8-6-4-5-7-9-18/h10-11,14,18H,4-9,12-13H2,1-3H3. The molecule has 1 amide bonds. The predicted molar refractivity (Wildman–Crippen MR) is 95.1 cm³/mol. The van der Waals surface area contributed by atoms with Crippen LogP contribution in [0.15, 0.2) is 18.2 Å². The molecule has 1 aliphatic rings. The number of nitrogens with zero attached hydrogens (tertiary/aromatic N) is 1. The summed E-state index contributed by atoms with van der Waals surface area (Å²) in [6.07, 6.45) is 7.08. The number of methoxy groups -OCH3 is 1. The molecule has 132 valence electrons. The second-order valence-corrected chi connectivity index (χ2v) is 6.77. The van der Waals surface area contributed by atoms with Gasteiger partial charge in [0.1, 0.15) is 0 Å². The molecule has 0 aromatic heterocycles. The van der Waals surface area contributed by atoms with Gasteiger partial charge in [0.25, 0.3) is 5.91 Å². The van der Waals surface area contributed by atoms with E-state index in [1.807, 2.05) is 36.9 Å². The van der Waals surface area contributed by atoms with Gasteiger partial charge in [-0.3, -0.25) is 9.59 Å². The molecule has 4 nitrogen and oxygen atoms in total. The van der Waals surface area contributed by atoms with Crippen LogP contribution in [0, 0.1) is 13.8 Å². The van der Waals surface area contributed by atoms with Crippen LogP contribution in [0.25, 0.3) is 0 Å². The fourth-order valence-electron chi connectivity index (χ4n) is 3.37. The van der Waals surface area contributed by atoms with E-state index >= 15 is 0 Å². The molecule has 4 heteroatoms. The first-order chi connectivity index (χ1) is 11.5. The third kappa shape index (κ3) is 4.83. The van der Waals surface area contributed by atoms with Crippen LogP contribution in [-0.4, -0.2) is 36.5 Å². The van der Waals surface area contributed by atoms with Crippen molar-refractivity contribution in [2.75, 3.05) is 13.7 Å². The van der Waals surface area contributed by atoms with Gasteiger partial charge in [-0.15, -0.1) is 0 Å². The van der Waals surface area contributed by atoms with Gasteiger partial charge >= 0.3 is 5.97 Å². The topological polar surface area (TPSA) is 46.6 Å². The molecule has 0 aliphatic heterocycles. The molecule has 1 saturated carbocycles. The van der Waals surface area contributed by atoms with Crippen molar-refractivity contribution < 1.29 is 14.3 Å². The van der Waals surface area contributed by atoms with Crippen LogP contribution in [0.3, 0.4) is 0 Å². The molecule has 0 atom stereocenters. The Morgan fingerprint density at radius 3 is 2.33 bits per heavy atom. The van der Waals surface area contributed by atoms with E-state index in [0.717, 1.165) is 31.2 Å². The van der Waals surface area contributed by atoms with Crippen molar-refractivity contribution in [3.63, 3.8) is 0 Å². The molecule has 1 aromatic carbocycles. The number of rotatable bonds is 5. The number of amides is 1. The first kappa shape index (κ1) is 18.5. The largest absolute Gasteiger partial charge is 0.469 e. The maximum Gasteiger partial charge on any atom is 0.307 e. The van der Waals surface area contributed by atoms with Crippen LogP contribution in [0.2, 0.25) is 0 Å². The summed E-state index contributed by atoms with van der Waals surface area (Å²) in [5.74, 6) is -0.226. The Morgan fingerprint density at radius 1 is 1.08 bits per heavy atom. The number of ether oxygens (including phenoxy) is 1. The Kier molecular flexibility index (Phi) is 6.83. The Balaban J connectivity index is 2.20. The molecule has 0 spiro atoms. The number of carbonyl (C=O) groups is 2. The summed E-state index contributed by atoms with van der Waals surface area (Å²) in [5.41, 5.74) is 3.02. The molecule has 1 aliphatic carbocycles. The SMILES string of the molecule is COC(=O)CCN(C(=O)c1ccc(C)c(C)c1)C1CCCCCC1. The van der Waals surface area contributed by atoms with E-state index < -0.39 is 0 Å². The van der Waals surface area contributed by atoms with Gasteiger partial charge in [-0.1, -0.05) is 31.7 Å². The Morgan fingerprint density at radius 2 is 1.75 bits per heavy atom. The molecule has 1 aromatic rings. The lowest BCUT2D eigenvalue weighted by Crippen LogP contribution is -2.41. The van der Waals surface area contributed by atoms with E-state index in [0.29, 0.717) is 12.1 Å². The van der Waals surface area contributed by atoms with Gasteiger partial charge in [-0.25, -0.2) is 0 Å². The second kappa shape index (κ2) is 8.86. The third-order valence-corrected chi connectivity index (χ3v) is 5.06. The van der Waals surface area contributed by atoms with Crippen LogP contribution in [0.4, 0.5) is 0 Å². The number of benzene rings is 1. The van der Waals surface area contributed by atoms with Crippen LogP contribution in [0.1, 0.15) is 66.4 Å². The second-order valence-electron chi connectivity index (χ2n) is 6.77. The molecule has 0 radical (unpaired) electrons. The quantitative estimate of drug-likeness (QED) is 0.604. The van der Waals surface area contributed by atoms with Crippen LogP contribution < -0.4 is 0 Å². The monoisotopic (exact) mass is 331 g/mol. The highest BCUT2D eigenvalue weighted by molar-refractivity contribution is 5.95. The maximum absolute atomic E-state index is 13.1. The Hall–Kier alpha value is -1.84. The van der Waals surface area contributed by atoms with Crippen molar-refractivity contribution in [2.45, 2.75) is 64.8 Å². The molecule has 0 heterocycles. The van der Waals surface area contributed by atoms with E-state index in [-0.39, 0.29) is 24.3 Å². The van der Waals surface area contributed by atoms with Crippen LogP contribution >= 0.6 is 0 Å². The Labute approximate surface area is 145 Å². The maximum atomic E-state index is 13.1. The lowest BCUT2D eigenvalue weighted by Gasteiger charge is -2.31. The Bertz CT molecular complexity index is 574. The van der Waals surface area contributed by atoms with Crippen molar-refractivity contribution in [1.82, 2.24) is 4.90 Å². The molecular formula is C20H29NO3. The minimum absolute atomic E-state index is 0.0360. The zero-order valence-electron chi connectivity index (χ0n) is 15.1. The summed E-state index contributed by atoms with van der Waals surface area (Å²) >= 11 is 0. The summed E-state index contributed by atoms with van der Waals surface area (Å²) in [6.45, 7) is 4.50. The zero-order chi connectivity index (χ0) is 17.5. The van der Waals surface area contributed by atoms with E-state index in [1.54, 1.807) is 0 Å². The van der Waals surface area contributed by atoms with Crippen LogP contribution in [0.5, 0.6) is 0 Å².